The monoisotopic (exact) mass is 318 g/mol. The number of hydrogen-bond donors (Lipinski definition) is 1. The van der Waals surface area contributed by atoms with E-state index >= 15 is 0 Å². The Labute approximate surface area is 138 Å². The fourth-order valence-corrected chi connectivity index (χ4v) is 2.14. The lowest BCUT2D eigenvalue weighted by molar-refractivity contribution is 0.0950. The average molecular weight is 318 g/mol. The van der Waals surface area contributed by atoms with Crippen LogP contribution in [0.2, 0.25) is 0 Å². The molecule has 0 fully saturated rings. The molecule has 3 rings (SSSR count). The van der Waals surface area contributed by atoms with Gasteiger partial charge in [-0.25, -0.2) is 4.68 Å². The highest BCUT2D eigenvalue weighted by Crippen LogP contribution is 2.05. The first-order valence-corrected chi connectivity index (χ1v) is 7.31. The van der Waals surface area contributed by atoms with E-state index in [1.807, 2.05) is 12.1 Å². The van der Waals surface area contributed by atoms with E-state index in [1.54, 1.807) is 41.3 Å². The fourth-order valence-electron chi connectivity index (χ4n) is 2.14. The van der Waals surface area contributed by atoms with Crippen LogP contribution in [0.25, 0.3) is 0 Å². The first kappa shape index (κ1) is 15.4. The van der Waals surface area contributed by atoms with Crippen molar-refractivity contribution in [2.45, 2.75) is 13.1 Å². The molecule has 3 aromatic rings. The van der Waals surface area contributed by atoms with Crippen LogP contribution in [0.15, 0.2) is 55.0 Å². The van der Waals surface area contributed by atoms with Crippen LogP contribution in [0.3, 0.4) is 0 Å². The maximum atomic E-state index is 11.9. The summed E-state index contributed by atoms with van der Waals surface area (Å²) < 4.78 is 1.69. The number of hydrogen-bond acceptors (Lipinski definition) is 5. The fraction of sp³-hybridized carbons (Fsp3) is 0.118. The number of rotatable bonds is 5. The molecule has 2 heterocycles. The molecule has 0 saturated carbocycles. The van der Waals surface area contributed by atoms with Crippen molar-refractivity contribution < 1.29 is 4.79 Å². The van der Waals surface area contributed by atoms with Gasteiger partial charge in [-0.2, -0.15) is 5.26 Å². The van der Waals surface area contributed by atoms with Crippen LogP contribution in [0.4, 0.5) is 0 Å². The Morgan fingerprint density at radius 1 is 1.25 bits per heavy atom. The van der Waals surface area contributed by atoms with Crippen LogP contribution >= 0.6 is 0 Å². The molecule has 0 radical (unpaired) electrons. The van der Waals surface area contributed by atoms with Gasteiger partial charge in [-0.15, -0.1) is 5.10 Å². The van der Waals surface area contributed by atoms with Crippen molar-refractivity contribution in [2.24, 2.45) is 0 Å². The number of carbonyl (C=O) groups is 1. The van der Waals surface area contributed by atoms with Crippen molar-refractivity contribution in [1.82, 2.24) is 25.3 Å². The molecule has 0 aliphatic carbocycles. The molecule has 0 saturated heterocycles. The molecule has 7 nitrogen and oxygen atoms in total. The van der Waals surface area contributed by atoms with Gasteiger partial charge in [0.2, 0.25) is 0 Å². The van der Waals surface area contributed by atoms with E-state index in [2.05, 4.69) is 26.7 Å². The van der Waals surface area contributed by atoms with Crippen LogP contribution in [0, 0.1) is 11.3 Å². The van der Waals surface area contributed by atoms with Crippen LogP contribution < -0.4 is 5.32 Å². The van der Waals surface area contributed by atoms with Gasteiger partial charge in [-0.05, 0) is 29.8 Å². The largest absolute Gasteiger partial charge is 0.346 e. The predicted molar refractivity (Wildman–Crippen MR) is 85.7 cm³/mol. The minimum absolute atomic E-state index is 0.204. The lowest BCUT2D eigenvalue weighted by Crippen LogP contribution is -2.23. The molecule has 2 aromatic heterocycles. The lowest BCUT2D eigenvalue weighted by Gasteiger charge is -2.02. The number of nitrogens with zero attached hydrogens (tertiary/aromatic N) is 5. The zero-order valence-electron chi connectivity index (χ0n) is 12.8. The highest BCUT2D eigenvalue weighted by molar-refractivity contribution is 5.93. The van der Waals surface area contributed by atoms with Gasteiger partial charge in [0.1, 0.15) is 5.69 Å². The van der Waals surface area contributed by atoms with Crippen molar-refractivity contribution in [3.63, 3.8) is 0 Å². The SMILES string of the molecule is N#Cc1ccc(Cn2cc(CNC(=O)c3cccnc3)nn2)cc1. The number of carbonyl (C=O) groups excluding carboxylic acids is 1. The molecule has 0 aliphatic rings. The number of aromatic nitrogens is 4. The summed E-state index contributed by atoms with van der Waals surface area (Å²) in [7, 11) is 0. The minimum atomic E-state index is -0.204. The first-order chi connectivity index (χ1) is 11.7. The summed E-state index contributed by atoms with van der Waals surface area (Å²) in [4.78, 5) is 15.9. The molecule has 1 aromatic carbocycles. The molecule has 0 spiro atoms. The first-order valence-electron chi connectivity index (χ1n) is 7.31. The second kappa shape index (κ2) is 7.15. The van der Waals surface area contributed by atoms with Gasteiger partial charge in [0.25, 0.3) is 5.91 Å². The summed E-state index contributed by atoms with van der Waals surface area (Å²) in [5.41, 5.74) is 2.81. The standard InChI is InChI=1S/C17H14N6O/c18-8-13-3-5-14(6-4-13)11-23-12-16(21-22-23)10-20-17(24)15-2-1-7-19-9-15/h1-7,9,12H,10-11H2,(H,20,24). The molecule has 24 heavy (non-hydrogen) atoms. The topological polar surface area (TPSA) is 96.5 Å². The van der Waals surface area contributed by atoms with Gasteiger partial charge >= 0.3 is 0 Å². The normalized spacial score (nSPS) is 10.1. The highest BCUT2D eigenvalue weighted by Gasteiger charge is 2.07. The molecule has 0 unspecified atom stereocenters. The van der Waals surface area contributed by atoms with Crippen molar-refractivity contribution in [1.29, 1.82) is 5.26 Å². The van der Waals surface area contributed by atoms with Crippen molar-refractivity contribution in [3.8, 4) is 6.07 Å². The maximum absolute atomic E-state index is 11.9. The Bertz CT molecular complexity index is 864. The lowest BCUT2D eigenvalue weighted by atomic mass is 10.1. The number of pyridine rings is 1. The van der Waals surface area contributed by atoms with Crippen LogP contribution in [-0.2, 0) is 13.1 Å². The van der Waals surface area contributed by atoms with Gasteiger partial charge in [-0.3, -0.25) is 9.78 Å². The molecular weight excluding hydrogens is 304 g/mol. The molecule has 0 atom stereocenters. The summed E-state index contributed by atoms with van der Waals surface area (Å²) in [6, 6.07) is 12.8. The van der Waals surface area contributed by atoms with E-state index in [4.69, 9.17) is 5.26 Å². The Kier molecular flexibility index (Phi) is 4.58. The van der Waals surface area contributed by atoms with Crippen LogP contribution in [0.5, 0.6) is 0 Å². The minimum Gasteiger partial charge on any atom is -0.346 e. The zero-order chi connectivity index (χ0) is 16.8. The van der Waals surface area contributed by atoms with Gasteiger partial charge in [0.05, 0.1) is 36.5 Å². The van der Waals surface area contributed by atoms with Crippen molar-refractivity contribution >= 4 is 5.91 Å². The average Bonchev–Trinajstić information content (AvgIpc) is 3.08. The van der Waals surface area contributed by atoms with E-state index < -0.39 is 0 Å². The Morgan fingerprint density at radius 3 is 2.79 bits per heavy atom. The Balaban J connectivity index is 1.57. The predicted octanol–water partition coefficient (Wildman–Crippen LogP) is 1.52. The summed E-state index contributed by atoms with van der Waals surface area (Å²) in [5.74, 6) is -0.204. The van der Waals surface area contributed by atoms with E-state index in [0.717, 1.165) is 5.56 Å². The summed E-state index contributed by atoms with van der Waals surface area (Å²) in [5, 5.41) is 19.7. The molecule has 0 aliphatic heterocycles. The quantitative estimate of drug-likeness (QED) is 0.769. The van der Waals surface area contributed by atoms with Gasteiger partial charge in [0, 0.05) is 12.4 Å². The number of nitrogens with one attached hydrogen (secondary N) is 1. The molecule has 118 valence electrons. The number of nitriles is 1. The highest BCUT2D eigenvalue weighted by atomic mass is 16.1. The summed E-state index contributed by atoms with van der Waals surface area (Å²) in [6.07, 6.45) is 4.91. The molecular formula is C17H14N6O. The third-order valence-corrected chi connectivity index (χ3v) is 3.37. The zero-order valence-corrected chi connectivity index (χ0v) is 12.8. The van der Waals surface area contributed by atoms with Crippen molar-refractivity contribution in [2.75, 3.05) is 0 Å². The third-order valence-electron chi connectivity index (χ3n) is 3.37. The molecule has 0 bridgehead atoms. The Morgan fingerprint density at radius 2 is 2.08 bits per heavy atom. The van der Waals surface area contributed by atoms with E-state index in [0.29, 0.717) is 29.9 Å². The van der Waals surface area contributed by atoms with E-state index in [1.165, 1.54) is 6.20 Å². The third kappa shape index (κ3) is 3.81. The van der Waals surface area contributed by atoms with E-state index in [-0.39, 0.29) is 5.91 Å². The number of benzene rings is 1. The molecule has 1 N–H and O–H groups in total. The second-order valence-corrected chi connectivity index (χ2v) is 5.14. The summed E-state index contributed by atoms with van der Waals surface area (Å²) >= 11 is 0. The van der Waals surface area contributed by atoms with Gasteiger partial charge < -0.3 is 5.32 Å². The maximum Gasteiger partial charge on any atom is 0.253 e. The van der Waals surface area contributed by atoms with E-state index in [9.17, 15) is 4.79 Å². The van der Waals surface area contributed by atoms with Gasteiger partial charge in [0.15, 0.2) is 0 Å². The van der Waals surface area contributed by atoms with Crippen LogP contribution in [0.1, 0.15) is 27.2 Å². The van der Waals surface area contributed by atoms with Gasteiger partial charge in [-0.1, -0.05) is 17.3 Å². The van der Waals surface area contributed by atoms with Crippen molar-refractivity contribution in [3.05, 3.63) is 77.4 Å². The Hall–Kier alpha value is -3.53. The number of amides is 1. The summed E-state index contributed by atoms with van der Waals surface area (Å²) in [6.45, 7) is 0.844. The smallest absolute Gasteiger partial charge is 0.253 e. The second-order valence-electron chi connectivity index (χ2n) is 5.14. The van der Waals surface area contributed by atoms with Crippen LogP contribution in [-0.4, -0.2) is 25.9 Å². The molecule has 7 heteroatoms. The molecule has 1 amide bonds.